The SMILES string of the molecule is N#Cc1ccc(N2CCCC(N)(CO)C2)cc1. The molecule has 1 heterocycles. The zero-order valence-corrected chi connectivity index (χ0v) is 9.76. The molecule has 1 aliphatic heterocycles. The van der Waals surface area contributed by atoms with E-state index in [4.69, 9.17) is 11.0 Å². The molecule has 1 aromatic rings. The lowest BCUT2D eigenvalue weighted by atomic mass is 9.90. The topological polar surface area (TPSA) is 73.3 Å². The number of benzene rings is 1. The quantitative estimate of drug-likeness (QED) is 0.791. The Morgan fingerprint density at radius 3 is 2.71 bits per heavy atom. The monoisotopic (exact) mass is 231 g/mol. The molecule has 0 radical (unpaired) electrons. The molecule has 1 atom stereocenters. The van der Waals surface area contributed by atoms with Gasteiger partial charge in [-0.15, -0.1) is 0 Å². The van der Waals surface area contributed by atoms with Crippen LogP contribution < -0.4 is 10.6 Å². The molecule has 1 saturated heterocycles. The summed E-state index contributed by atoms with van der Waals surface area (Å²) in [6, 6.07) is 9.58. The zero-order chi connectivity index (χ0) is 12.3. The minimum Gasteiger partial charge on any atom is -0.394 e. The average molecular weight is 231 g/mol. The maximum absolute atomic E-state index is 9.30. The van der Waals surface area contributed by atoms with Gasteiger partial charge in [0, 0.05) is 18.8 Å². The Morgan fingerprint density at radius 2 is 2.12 bits per heavy atom. The lowest BCUT2D eigenvalue weighted by molar-refractivity contribution is 0.177. The number of anilines is 1. The van der Waals surface area contributed by atoms with Gasteiger partial charge in [0.05, 0.1) is 23.8 Å². The van der Waals surface area contributed by atoms with Crippen LogP contribution in [0.3, 0.4) is 0 Å². The van der Waals surface area contributed by atoms with Crippen LogP contribution in [0.5, 0.6) is 0 Å². The highest BCUT2D eigenvalue weighted by Gasteiger charge is 2.30. The van der Waals surface area contributed by atoms with Crippen LogP contribution in [0, 0.1) is 11.3 Å². The average Bonchev–Trinajstić information content (AvgIpc) is 2.39. The number of piperidine rings is 1. The number of hydrogen-bond donors (Lipinski definition) is 2. The van der Waals surface area contributed by atoms with Crippen LogP contribution in [0.1, 0.15) is 18.4 Å². The van der Waals surface area contributed by atoms with E-state index >= 15 is 0 Å². The van der Waals surface area contributed by atoms with E-state index in [1.54, 1.807) is 12.1 Å². The van der Waals surface area contributed by atoms with Crippen LogP contribution in [-0.4, -0.2) is 30.3 Å². The Hall–Kier alpha value is -1.57. The summed E-state index contributed by atoms with van der Waals surface area (Å²) in [5, 5.41) is 18.0. The predicted octanol–water partition coefficient (Wildman–Crippen LogP) is 0.848. The highest BCUT2D eigenvalue weighted by atomic mass is 16.3. The summed E-state index contributed by atoms with van der Waals surface area (Å²) >= 11 is 0. The fourth-order valence-corrected chi connectivity index (χ4v) is 2.26. The first-order valence-electron chi connectivity index (χ1n) is 5.82. The maximum Gasteiger partial charge on any atom is 0.0991 e. The summed E-state index contributed by atoms with van der Waals surface area (Å²) in [7, 11) is 0. The van der Waals surface area contributed by atoms with Crippen molar-refractivity contribution < 1.29 is 5.11 Å². The number of nitrogens with zero attached hydrogens (tertiary/aromatic N) is 2. The number of rotatable bonds is 2. The van der Waals surface area contributed by atoms with Gasteiger partial charge in [0.1, 0.15) is 0 Å². The predicted molar refractivity (Wildman–Crippen MR) is 66.6 cm³/mol. The van der Waals surface area contributed by atoms with Gasteiger partial charge in [-0.3, -0.25) is 0 Å². The molecule has 0 bridgehead atoms. The molecule has 3 N–H and O–H groups in total. The van der Waals surface area contributed by atoms with Crippen molar-refractivity contribution in [3.05, 3.63) is 29.8 Å². The van der Waals surface area contributed by atoms with E-state index in [-0.39, 0.29) is 6.61 Å². The number of hydrogen-bond acceptors (Lipinski definition) is 4. The molecule has 0 spiro atoms. The first-order valence-corrected chi connectivity index (χ1v) is 5.82. The first-order chi connectivity index (χ1) is 8.17. The Labute approximate surface area is 101 Å². The van der Waals surface area contributed by atoms with Crippen LogP contribution in [0.2, 0.25) is 0 Å². The number of nitriles is 1. The van der Waals surface area contributed by atoms with Crippen molar-refractivity contribution in [1.82, 2.24) is 0 Å². The summed E-state index contributed by atoms with van der Waals surface area (Å²) < 4.78 is 0. The molecule has 2 rings (SSSR count). The van der Waals surface area contributed by atoms with Crippen molar-refractivity contribution in [3.63, 3.8) is 0 Å². The third kappa shape index (κ3) is 2.57. The van der Waals surface area contributed by atoms with Crippen molar-refractivity contribution in [2.45, 2.75) is 18.4 Å². The zero-order valence-electron chi connectivity index (χ0n) is 9.76. The fraction of sp³-hybridized carbons (Fsp3) is 0.462. The van der Waals surface area contributed by atoms with E-state index < -0.39 is 5.54 Å². The van der Waals surface area contributed by atoms with Crippen LogP contribution >= 0.6 is 0 Å². The molecule has 1 aromatic carbocycles. The van der Waals surface area contributed by atoms with Gasteiger partial charge in [-0.05, 0) is 37.1 Å². The third-order valence-corrected chi connectivity index (χ3v) is 3.28. The Kier molecular flexibility index (Phi) is 3.32. The van der Waals surface area contributed by atoms with Crippen LogP contribution in [0.25, 0.3) is 0 Å². The summed E-state index contributed by atoms with van der Waals surface area (Å²) in [4.78, 5) is 2.17. The highest BCUT2D eigenvalue weighted by Crippen LogP contribution is 2.24. The molecule has 4 heteroatoms. The summed E-state index contributed by atoms with van der Waals surface area (Å²) in [6.07, 6.45) is 1.84. The molecule has 4 nitrogen and oxygen atoms in total. The van der Waals surface area contributed by atoms with Gasteiger partial charge < -0.3 is 15.7 Å². The number of nitrogens with two attached hydrogens (primary N) is 1. The minimum absolute atomic E-state index is 0.0137. The van der Waals surface area contributed by atoms with E-state index in [1.807, 2.05) is 12.1 Å². The fourth-order valence-electron chi connectivity index (χ4n) is 2.26. The molecule has 0 aromatic heterocycles. The van der Waals surface area contributed by atoms with E-state index in [9.17, 15) is 5.11 Å². The van der Waals surface area contributed by atoms with Crippen LogP contribution in [-0.2, 0) is 0 Å². The van der Waals surface area contributed by atoms with Crippen molar-refractivity contribution in [2.24, 2.45) is 5.73 Å². The van der Waals surface area contributed by atoms with Gasteiger partial charge in [0.2, 0.25) is 0 Å². The smallest absolute Gasteiger partial charge is 0.0991 e. The molecule has 90 valence electrons. The van der Waals surface area contributed by atoms with Crippen LogP contribution in [0.4, 0.5) is 5.69 Å². The molecule has 1 aliphatic rings. The van der Waals surface area contributed by atoms with Gasteiger partial charge in [-0.1, -0.05) is 0 Å². The minimum atomic E-state index is -0.494. The van der Waals surface area contributed by atoms with Gasteiger partial charge in [-0.25, -0.2) is 0 Å². The Morgan fingerprint density at radius 1 is 1.41 bits per heavy atom. The second-order valence-corrected chi connectivity index (χ2v) is 4.70. The summed E-state index contributed by atoms with van der Waals surface area (Å²) in [5.41, 5.74) is 7.33. The summed E-state index contributed by atoms with van der Waals surface area (Å²) in [6.45, 7) is 1.63. The van der Waals surface area contributed by atoms with E-state index in [0.29, 0.717) is 12.1 Å². The lowest BCUT2D eigenvalue weighted by Crippen LogP contribution is -2.56. The van der Waals surface area contributed by atoms with Crippen molar-refractivity contribution in [3.8, 4) is 6.07 Å². The standard InChI is InChI=1S/C13H17N3O/c14-8-11-2-4-12(5-3-11)16-7-1-6-13(15,9-16)10-17/h2-5,17H,1,6-7,9-10,15H2. The second kappa shape index (κ2) is 4.74. The normalized spacial score (nSPS) is 24.4. The van der Waals surface area contributed by atoms with E-state index in [1.165, 1.54) is 0 Å². The van der Waals surface area contributed by atoms with Gasteiger partial charge >= 0.3 is 0 Å². The number of aliphatic hydroxyl groups is 1. The summed E-state index contributed by atoms with van der Waals surface area (Å²) in [5.74, 6) is 0. The maximum atomic E-state index is 9.30. The Balaban J connectivity index is 2.14. The van der Waals surface area contributed by atoms with E-state index in [0.717, 1.165) is 25.1 Å². The molecule has 0 saturated carbocycles. The molecule has 0 aliphatic carbocycles. The van der Waals surface area contributed by atoms with Gasteiger partial charge in [0.25, 0.3) is 0 Å². The molecule has 17 heavy (non-hydrogen) atoms. The largest absolute Gasteiger partial charge is 0.394 e. The van der Waals surface area contributed by atoms with Gasteiger partial charge in [0.15, 0.2) is 0 Å². The molecular weight excluding hydrogens is 214 g/mol. The lowest BCUT2D eigenvalue weighted by Gasteiger charge is -2.40. The van der Waals surface area contributed by atoms with E-state index in [2.05, 4.69) is 11.0 Å². The second-order valence-electron chi connectivity index (χ2n) is 4.70. The number of aliphatic hydroxyl groups excluding tert-OH is 1. The molecule has 1 unspecified atom stereocenters. The molecular formula is C13H17N3O. The molecule has 1 fully saturated rings. The van der Waals surface area contributed by atoms with Crippen molar-refractivity contribution >= 4 is 5.69 Å². The van der Waals surface area contributed by atoms with Crippen molar-refractivity contribution in [1.29, 1.82) is 5.26 Å². The third-order valence-electron chi connectivity index (χ3n) is 3.28. The molecule has 0 amide bonds. The van der Waals surface area contributed by atoms with Crippen LogP contribution in [0.15, 0.2) is 24.3 Å². The van der Waals surface area contributed by atoms with Gasteiger partial charge in [-0.2, -0.15) is 5.26 Å². The van der Waals surface area contributed by atoms with Crippen molar-refractivity contribution in [2.75, 3.05) is 24.6 Å². The highest BCUT2D eigenvalue weighted by molar-refractivity contribution is 5.50. The Bertz CT molecular complexity index is 423. The first kappa shape index (κ1) is 11.9.